The molecular weight excluding hydrogens is 311 g/mol. The second kappa shape index (κ2) is 6.85. The van der Waals surface area contributed by atoms with Crippen LogP contribution in [0.3, 0.4) is 0 Å². The molecule has 0 heterocycles. The lowest BCUT2D eigenvalue weighted by Crippen LogP contribution is -2.27. The fraction of sp³-hybridized carbons (Fsp3) is 0.375. The highest BCUT2D eigenvalue weighted by molar-refractivity contribution is 5.94. The van der Waals surface area contributed by atoms with Crippen LogP contribution in [0, 0.1) is 0 Å². The number of nitrogens with one attached hydrogen (secondary N) is 1. The third-order valence-electron chi connectivity index (χ3n) is 2.51. The first-order chi connectivity index (χ1) is 10.4. The van der Waals surface area contributed by atoms with E-state index in [1.807, 2.05) is 0 Å². The van der Waals surface area contributed by atoms with Crippen molar-refractivity contribution in [3.63, 3.8) is 0 Å². The molecule has 0 aliphatic rings. The Morgan fingerprint density at radius 3 is 2.26 bits per heavy atom. The van der Waals surface area contributed by atoms with Crippen molar-refractivity contribution >= 4 is 23.6 Å². The monoisotopic (exact) mass is 329 g/mol. The number of hydrogen-bond donors (Lipinski definition) is 1. The van der Waals surface area contributed by atoms with E-state index in [9.17, 15) is 22.8 Å². The van der Waals surface area contributed by atoms with Crippen LogP contribution in [0.15, 0.2) is 24.3 Å². The van der Waals surface area contributed by atoms with Gasteiger partial charge in [0.15, 0.2) is 5.78 Å². The summed E-state index contributed by atoms with van der Waals surface area (Å²) < 4.78 is 43.4. The van der Waals surface area contributed by atoms with E-state index < -0.39 is 23.4 Å². The molecule has 0 unspecified atom stereocenters. The topological polar surface area (TPSA) is 55.4 Å². The summed E-state index contributed by atoms with van der Waals surface area (Å²) in [4.78, 5) is 22.8. The van der Waals surface area contributed by atoms with Crippen LogP contribution in [-0.4, -0.2) is 17.5 Å². The van der Waals surface area contributed by atoms with E-state index in [4.69, 9.17) is 4.74 Å². The number of benzene rings is 1. The lowest BCUT2D eigenvalue weighted by molar-refractivity contribution is -0.137. The fourth-order valence-electron chi connectivity index (χ4n) is 1.61. The van der Waals surface area contributed by atoms with Crippen LogP contribution >= 0.6 is 0 Å². The average Bonchev–Trinajstić information content (AvgIpc) is 2.33. The lowest BCUT2D eigenvalue weighted by atomic mass is 10.1. The molecule has 0 aliphatic carbocycles. The summed E-state index contributed by atoms with van der Waals surface area (Å²) in [6, 6.07) is 2.85. The van der Waals surface area contributed by atoms with Gasteiger partial charge in [0.05, 0.1) is 11.3 Å². The van der Waals surface area contributed by atoms with E-state index >= 15 is 0 Å². The molecule has 23 heavy (non-hydrogen) atoms. The highest BCUT2D eigenvalue weighted by Gasteiger charge is 2.31. The van der Waals surface area contributed by atoms with Gasteiger partial charge in [0.25, 0.3) is 0 Å². The van der Waals surface area contributed by atoms with Gasteiger partial charge >= 0.3 is 12.3 Å². The molecule has 0 aromatic heterocycles. The predicted molar refractivity (Wildman–Crippen MR) is 81.0 cm³/mol. The second-order valence-electron chi connectivity index (χ2n) is 5.87. The molecule has 0 saturated heterocycles. The minimum atomic E-state index is -4.55. The normalized spacial score (nSPS) is 12.3. The molecule has 0 atom stereocenters. The van der Waals surface area contributed by atoms with E-state index in [-0.39, 0.29) is 17.0 Å². The predicted octanol–water partition coefficient (Wildman–Crippen LogP) is 4.65. The zero-order valence-electron chi connectivity index (χ0n) is 13.2. The zero-order valence-corrected chi connectivity index (χ0v) is 13.2. The van der Waals surface area contributed by atoms with Gasteiger partial charge in [-0.05, 0) is 57.5 Å². The van der Waals surface area contributed by atoms with E-state index in [0.717, 1.165) is 12.1 Å². The van der Waals surface area contributed by atoms with Gasteiger partial charge in [0.1, 0.15) is 5.60 Å². The number of allylic oxidation sites excluding steroid dienone is 1. The van der Waals surface area contributed by atoms with Gasteiger partial charge < -0.3 is 4.74 Å². The summed E-state index contributed by atoms with van der Waals surface area (Å²) in [5.74, 6) is -0.270. The largest absolute Gasteiger partial charge is 0.444 e. The van der Waals surface area contributed by atoms with Crippen molar-refractivity contribution in [3.05, 3.63) is 35.4 Å². The summed E-state index contributed by atoms with van der Waals surface area (Å²) in [7, 11) is 0. The smallest absolute Gasteiger partial charge is 0.416 e. The van der Waals surface area contributed by atoms with Crippen molar-refractivity contribution in [3.8, 4) is 0 Å². The van der Waals surface area contributed by atoms with E-state index in [2.05, 4.69) is 5.32 Å². The maximum absolute atomic E-state index is 12.8. The minimum Gasteiger partial charge on any atom is -0.444 e. The molecule has 7 heteroatoms. The zero-order chi connectivity index (χ0) is 17.8. The number of amides is 1. The molecule has 1 rings (SSSR count). The first kappa shape index (κ1) is 18.7. The number of anilines is 1. The summed E-state index contributed by atoms with van der Waals surface area (Å²) in [6.07, 6.45) is -2.90. The number of alkyl halides is 3. The number of rotatable bonds is 3. The van der Waals surface area contributed by atoms with Crippen LogP contribution < -0.4 is 5.32 Å². The van der Waals surface area contributed by atoms with Crippen molar-refractivity contribution < 1.29 is 27.5 Å². The van der Waals surface area contributed by atoms with Gasteiger partial charge in [-0.25, -0.2) is 4.79 Å². The molecule has 1 N–H and O–H groups in total. The Labute approximate surface area is 132 Å². The minimum absolute atomic E-state index is 0.0911. The molecule has 126 valence electrons. The van der Waals surface area contributed by atoms with Gasteiger partial charge in [-0.15, -0.1) is 0 Å². The van der Waals surface area contributed by atoms with Gasteiger partial charge in [0, 0.05) is 0 Å². The van der Waals surface area contributed by atoms with Gasteiger partial charge in [0.2, 0.25) is 0 Å². The number of carbonyl (C=O) groups excluding carboxylic acids is 2. The Bertz CT molecular complexity index is 628. The Balaban J connectivity index is 3.17. The number of carbonyl (C=O) groups is 2. The molecular formula is C16H18F3NO3. The van der Waals surface area contributed by atoms with Gasteiger partial charge in [-0.3, -0.25) is 10.1 Å². The molecule has 0 saturated carbocycles. The Hall–Kier alpha value is -2.31. The number of ether oxygens (including phenoxy) is 1. The molecule has 0 fully saturated rings. The summed E-state index contributed by atoms with van der Waals surface area (Å²) in [5, 5.41) is 2.28. The van der Waals surface area contributed by atoms with Crippen molar-refractivity contribution in [2.75, 3.05) is 5.32 Å². The average molecular weight is 329 g/mol. The standard InChI is InChI=1S/C16H18F3NO3/c1-10(21)5-6-11-7-8-12(16(17,18)19)9-13(11)20-14(22)23-15(2,3)4/h5-9H,1-4H3,(H,20,22)/b6-5+. The number of hydrogen-bond acceptors (Lipinski definition) is 3. The molecule has 0 bridgehead atoms. The number of halogens is 3. The van der Waals surface area contributed by atoms with Crippen molar-refractivity contribution in [2.45, 2.75) is 39.5 Å². The SMILES string of the molecule is CC(=O)/C=C/c1ccc(C(F)(F)F)cc1NC(=O)OC(C)(C)C. The van der Waals surface area contributed by atoms with Crippen LogP contribution in [0.2, 0.25) is 0 Å². The van der Waals surface area contributed by atoms with E-state index in [1.54, 1.807) is 20.8 Å². The molecule has 0 radical (unpaired) electrons. The highest BCUT2D eigenvalue weighted by Crippen LogP contribution is 2.32. The summed E-state index contributed by atoms with van der Waals surface area (Å²) >= 11 is 0. The summed E-state index contributed by atoms with van der Waals surface area (Å²) in [5.41, 5.74) is -1.53. The van der Waals surface area contributed by atoms with Crippen LogP contribution in [0.4, 0.5) is 23.7 Å². The lowest BCUT2D eigenvalue weighted by Gasteiger charge is -2.20. The highest BCUT2D eigenvalue weighted by atomic mass is 19.4. The van der Waals surface area contributed by atoms with Crippen LogP contribution in [0.25, 0.3) is 6.08 Å². The quantitative estimate of drug-likeness (QED) is 0.821. The van der Waals surface area contributed by atoms with E-state index in [1.165, 1.54) is 25.1 Å². The van der Waals surface area contributed by atoms with Crippen molar-refractivity contribution in [1.29, 1.82) is 0 Å². The fourth-order valence-corrected chi connectivity index (χ4v) is 1.61. The van der Waals surface area contributed by atoms with E-state index in [0.29, 0.717) is 0 Å². The van der Waals surface area contributed by atoms with Crippen LogP contribution in [0.1, 0.15) is 38.8 Å². The first-order valence-electron chi connectivity index (χ1n) is 6.78. The molecule has 0 spiro atoms. The summed E-state index contributed by atoms with van der Waals surface area (Å²) in [6.45, 7) is 6.21. The Morgan fingerprint density at radius 1 is 1.17 bits per heavy atom. The molecule has 0 aliphatic heterocycles. The number of ketones is 1. The first-order valence-corrected chi connectivity index (χ1v) is 6.78. The second-order valence-corrected chi connectivity index (χ2v) is 5.87. The van der Waals surface area contributed by atoms with Gasteiger partial charge in [-0.1, -0.05) is 6.07 Å². The molecule has 1 aromatic carbocycles. The third kappa shape index (κ3) is 6.54. The molecule has 1 aromatic rings. The van der Waals surface area contributed by atoms with Crippen LogP contribution in [-0.2, 0) is 15.7 Å². The van der Waals surface area contributed by atoms with Crippen LogP contribution in [0.5, 0.6) is 0 Å². The maximum Gasteiger partial charge on any atom is 0.416 e. The van der Waals surface area contributed by atoms with Gasteiger partial charge in [-0.2, -0.15) is 13.2 Å². The Morgan fingerprint density at radius 2 is 1.78 bits per heavy atom. The third-order valence-corrected chi connectivity index (χ3v) is 2.51. The Kier molecular flexibility index (Phi) is 5.58. The molecule has 4 nitrogen and oxygen atoms in total. The molecule has 1 amide bonds. The maximum atomic E-state index is 12.8. The van der Waals surface area contributed by atoms with Crippen molar-refractivity contribution in [1.82, 2.24) is 0 Å². The van der Waals surface area contributed by atoms with Crippen molar-refractivity contribution in [2.24, 2.45) is 0 Å².